The van der Waals surface area contributed by atoms with E-state index < -0.39 is 11.4 Å². The number of benzene rings is 2. The monoisotopic (exact) mass is 448 g/mol. The molecule has 170 valence electrons. The number of carbonyl (C=O) groups excluding carboxylic acids is 1. The van der Waals surface area contributed by atoms with Crippen molar-refractivity contribution in [1.82, 2.24) is 24.8 Å². The quantitative estimate of drug-likeness (QED) is 0.446. The molecule has 3 heterocycles. The Bertz CT molecular complexity index is 1430. The van der Waals surface area contributed by atoms with Gasteiger partial charge in [-0.05, 0) is 50.2 Å². The molecule has 5 rings (SSSR count). The van der Waals surface area contributed by atoms with Gasteiger partial charge in [-0.2, -0.15) is 0 Å². The fourth-order valence-corrected chi connectivity index (χ4v) is 4.42. The Morgan fingerprint density at radius 1 is 1.06 bits per heavy atom. The van der Waals surface area contributed by atoms with Crippen molar-refractivity contribution in [2.45, 2.75) is 19.9 Å². The van der Waals surface area contributed by atoms with Gasteiger partial charge in [0.1, 0.15) is 17.2 Å². The standard InChI is InChI=1S/C24H25FN6O2/c1-13(2)30-7-9-31(10-8-30)24(33)14-3-6-17-19(11-14)28-22(27-17)20-21(26)16-5-4-15(25)12-18(16)29-23(20)32/h3-6,11-13H,7-10H2,1-2H3,(H,27,28)(H3,26,29,32). The Labute approximate surface area is 189 Å². The Balaban J connectivity index is 1.48. The number of H-pyrrole nitrogens is 2. The first kappa shape index (κ1) is 21.1. The SMILES string of the molecule is CC(C)N1CCN(C(=O)c2ccc3nc(-c4c(N)c5ccc(F)cc5[nH]c4=O)[nH]c3c2)CC1. The number of fused-ring (bicyclic) bond motifs is 2. The van der Waals surface area contributed by atoms with Gasteiger partial charge in [0.2, 0.25) is 0 Å². The number of nitrogens with one attached hydrogen (secondary N) is 2. The number of amides is 1. The lowest BCUT2D eigenvalue weighted by molar-refractivity contribution is 0.0595. The largest absolute Gasteiger partial charge is 0.397 e. The first-order chi connectivity index (χ1) is 15.8. The molecule has 4 N–H and O–H groups in total. The number of nitrogens with zero attached hydrogens (tertiary/aromatic N) is 3. The van der Waals surface area contributed by atoms with Gasteiger partial charge in [-0.25, -0.2) is 9.37 Å². The first-order valence-corrected chi connectivity index (χ1v) is 11.0. The molecule has 1 aliphatic heterocycles. The van der Waals surface area contributed by atoms with Gasteiger partial charge < -0.3 is 20.6 Å². The number of rotatable bonds is 3. The van der Waals surface area contributed by atoms with Crippen molar-refractivity contribution < 1.29 is 9.18 Å². The number of nitrogens with two attached hydrogens (primary N) is 1. The zero-order valence-corrected chi connectivity index (χ0v) is 18.5. The summed E-state index contributed by atoms with van der Waals surface area (Å²) >= 11 is 0. The molecule has 0 radical (unpaired) electrons. The summed E-state index contributed by atoms with van der Waals surface area (Å²) in [7, 11) is 0. The van der Waals surface area contributed by atoms with Crippen LogP contribution < -0.4 is 11.3 Å². The Morgan fingerprint density at radius 3 is 2.55 bits per heavy atom. The zero-order chi connectivity index (χ0) is 23.3. The highest BCUT2D eigenvalue weighted by molar-refractivity contribution is 6.00. The molecule has 1 fully saturated rings. The van der Waals surface area contributed by atoms with E-state index in [-0.39, 0.29) is 17.2 Å². The van der Waals surface area contributed by atoms with Crippen LogP contribution in [0.4, 0.5) is 10.1 Å². The van der Waals surface area contributed by atoms with Crippen molar-refractivity contribution in [3.63, 3.8) is 0 Å². The lowest BCUT2D eigenvalue weighted by Crippen LogP contribution is -2.50. The maximum absolute atomic E-state index is 13.5. The van der Waals surface area contributed by atoms with Crippen LogP contribution in [0.5, 0.6) is 0 Å². The molecule has 4 aromatic rings. The molecule has 9 heteroatoms. The highest BCUT2D eigenvalue weighted by atomic mass is 19.1. The minimum Gasteiger partial charge on any atom is -0.397 e. The summed E-state index contributed by atoms with van der Waals surface area (Å²) in [6, 6.07) is 9.77. The second kappa shape index (κ2) is 8.00. The van der Waals surface area contributed by atoms with Gasteiger partial charge in [0.05, 0.1) is 22.2 Å². The molecule has 2 aromatic carbocycles. The molecule has 33 heavy (non-hydrogen) atoms. The second-order valence-electron chi connectivity index (χ2n) is 8.67. The molecule has 0 bridgehead atoms. The van der Waals surface area contributed by atoms with Gasteiger partial charge >= 0.3 is 0 Å². The Morgan fingerprint density at radius 2 is 1.82 bits per heavy atom. The van der Waals surface area contributed by atoms with Crippen LogP contribution in [0.3, 0.4) is 0 Å². The van der Waals surface area contributed by atoms with Crippen molar-refractivity contribution in [1.29, 1.82) is 0 Å². The number of piperazine rings is 1. The van der Waals surface area contributed by atoms with Crippen molar-refractivity contribution >= 4 is 33.5 Å². The van der Waals surface area contributed by atoms with Crippen LogP contribution in [-0.4, -0.2) is 62.9 Å². The van der Waals surface area contributed by atoms with E-state index in [0.717, 1.165) is 13.1 Å². The number of imidazole rings is 1. The normalized spacial score (nSPS) is 15.1. The second-order valence-corrected chi connectivity index (χ2v) is 8.67. The van der Waals surface area contributed by atoms with E-state index in [9.17, 15) is 14.0 Å². The number of anilines is 1. The van der Waals surface area contributed by atoms with E-state index in [1.807, 2.05) is 4.90 Å². The number of hydrogen-bond donors (Lipinski definition) is 3. The van der Waals surface area contributed by atoms with Gasteiger partial charge in [-0.15, -0.1) is 0 Å². The van der Waals surface area contributed by atoms with Crippen molar-refractivity contribution in [3.8, 4) is 11.4 Å². The summed E-state index contributed by atoms with van der Waals surface area (Å²) in [5.74, 6) is -0.191. The first-order valence-electron chi connectivity index (χ1n) is 11.0. The summed E-state index contributed by atoms with van der Waals surface area (Å²) in [4.78, 5) is 40.3. The van der Waals surface area contributed by atoms with Crippen molar-refractivity contribution in [2.24, 2.45) is 0 Å². The third kappa shape index (κ3) is 3.74. The summed E-state index contributed by atoms with van der Waals surface area (Å²) in [6.07, 6.45) is 0. The van der Waals surface area contributed by atoms with Crippen LogP contribution >= 0.6 is 0 Å². The highest BCUT2D eigenvalue weighted by Crippen LogP contribution is 2.29. The van der Waals surface area contributed by atoms with E-state index in [2.05, 4.69) is 33.7 Å². The summed E-state index contributed by atoms with van der Waals surface area (Å²) in [5, 5.41) is 0.530. The molecule has 0 aliphatic carbocycles. The smallest absolute Gasteiger partial charge is 0.261 e. The van der Waals surface area contributed by atoms with Gasteiger partial charge in [-0.3, -0.25) is 14.5 Å². The van der Waals surface area contributed by atoms with E-state index in [1.165, 1.54) is 18.2 Å². The molecule has 0 saturated carbocycles. The van der Waals surface area contributed by atoms with Gasteiger partial charge in [0.25, 0.3) is 11.5 Å². The van der Waals surface area contributed by atoms with Crippen LogP contribution in [0.25, 0.3) is 33.3 Å². The molecule has 1 amide bonds. The zero-order valence-electron chi connectivity index (χ0n) is 18.5. The summed E-state index contributed by atoms with van der Waals surface area (Å²) in [5.41, 5.74) is 8.33. The fraction of sp³-hybridized carbons (Fsp3) is 0.292. The topological polar surface area (TPSA) is 111 Å². The average molecular weight is 449 g/mol. The molecule has 0 atom stereocenters. The van der Waals surface area contributed by atoms with Gasteiger partial charge in [0, 0.05) is 43.2 Å². The van der Waals surface area contributed by atoms with E-state index in [1.54, 1.807) is 18.2 Å². The van der Waals surface area contributed by atoms with Crippen LogP contribution in [0.1, 0.15) is 24.2 Å². The van der Waals surface area contributed by atoms with Crippen LogP contribution in [0.15, 0.2) is 41.2 Å². The number of pyridine rings is 1. The summed E-state index contributed by atoms with van der Waals surface area (Å²) < 4.78 is 13.5. The fourth-order valence-electron chi connectivity index (χ4n) is 4.42. The lowest BCUT2D eigenvalue weighted by Gasteiger charge is -2.36. The maximum atomic E-state index is 13.5. The number of aromatic amines is 2. The van der Waals surface area contributed by atoms with E-state index in [4.69, 9.17) is 5.73 Å². The van der Waals surface area contributed by atoms with Crippen LogP contribution in [0, 0.1) is 5.82 Å². The predicted octanol–water partition coefficient (Wildman–Crippen LogP) is 2.96. The maximum Gasteiger partial charge on any atom is 0.261 e. The van der Waals surface area contributed by atoms with Crippen LogP contribution in [-0.2, 0) is 0 Å². The molecular formula is C24H25FN6O2. The Kier molecular flexibility index (Phi) is 5.13. The third-order valence-electron chi connectivity index (χ3n) is 6.31. The molecule has 1 saturated heterocycles. The molecule has 0 unspecified atom stereocenters. The van der Waals surface area contributed by atoms with E-state index in [0.29, 0.717) is 52.5 Å². The number of nitrogen functional groups attached to an aromatic ring is 1. The summed E-state index contributed by atoms with van der Waals surface area (Å²) in [6.45, 7) is 7.40. The third-order valence-corrected chi connectivity index (χ3v) is 6.31. The molecule has 1 aliphatic rings. The lowest BCUT2D eigenvalue weighted by atomic mass is 10.1. The number of carbonyl (C=O) groups is 1. The van der Waals surface area contributed by atoms with Gasteiger partial charge in [0.15, 0.2) is 0 Å². The van der Waals surface area contributed by atoms with Crippen molar-refractivity contribution in [2.75, 3.05) is 31.9 Å². The van der Waals surface area contributed by atoms with Gasteiger partial charge in [-0.1, -0.05) is 0 Å². The minimum atomic E-state index is -0.469. The van der Waals surface area contributed by atoms with Crippen molar-refractivity contribution in [3.05, 3.63) is 58.1 Å². The van der Waals surface area contributed by atoms with Crippen LogP contribution in [0.2, 0.25) is 0 Å². The number of halogens is 1. The predicted molar refractivity (Wildman–Crippen MR) is 127 cm³/mol. The molecule has 0 spiro atoms. The molecule has 2 aromatic heterocycles. The highest BCUT2D eigenvalue weighted by Gasteiger charge is 2.24. The average Bonchev–Trinajstić information content (AvgIpc) is 3.21. The van der Waals surface area contributed by atoms with E-state index >= 15 is 0 Å². The number of hydrogen-bond acceptors (Lipinski definition) is 5. The molecular weight excluding hydrogens is 423 g/mol. The molecule has 8 nitrogen and oxygen atoms in total. The Hall–Kier alpha value is -3.72. The minimum absolute atomic E-state index is 0.0263. The number of aromatic nitrogens is 3.